The third-order valence-corrected chi connectivity index (χ3v) is 3.88. The number of hydrogen-bond donors (Lipinski definition) is 2. The van der Waals surface area contributed by atoms with Crippen molar-refractivity contribution >= 4 is 17.5 Å². The van der Waals surface area contributed by atoms with Crippen LogP contribution in [0.4, 0.5) is 11.6 Å². The molecule has 0 radical (unpaired) electrons. The second-order valence-corrected chi connectivity index (χ2v) is 6.22. The minimum atomic E-state index is -0.368. The minimum absolute atomic E-state index is 0.249. The van der Waals surface area contributed by atoms with Crippen molar-refractivity contribution in [2.75, 3.05) is 59.1 Å². The molecule has 2 N–H and O–H groups in total. The molecule has 0 spiro atoms. The zero-order chi connectivity index (χ0) is 20.5. The fraction of sp³-hybridized carbons (Fsp3) is 0.421. The number of hydrogen-bond acceptors (Lipinski definition) is 8. The van der Waals surface area contributed by atoms with E-state index in [2.05, 4.69) is 25.5 Å². The first kappa shape index (κ1) is 21.2. The Balaban J connectivity index is 2.09. The lowest BCUT2D eigenvalue weighted by atomic mass is 10.2. The minimum Gasteiger partial charge on any atom is -0.493 e. The maximum atomic E-state index is 12.6. The quantitative estimate of drug-likeness (QED) is 0.597. The normalized spacial score (nSPS) is 10.5. The van der Waals surface area contributed by atoms with Crippen LogP contribution in [0.5, 0.6) is 17.2 Å². The second-order valence-electron chi connectivity index (χ2n) is 6.22. The zero-order valence-electron chi connectivity index (χ0n) is 16.9. The van der Waals surface area contributed by atoms with Crippen LogP contribution in [0.25, 0.3) is 0 Å². The molecular formula is C19H27N5O4. The molecule has 0 bridgehead atoms. The Kier molecular flexibility index (Phi) is 7.82. The molecule has 0 aliphatic carbocycles. The summed E-state index contributed by atoms with van der Waals surface area (Å²) in [4.78, 5) is 23.1. The highest BCUT2D eigenvalue weighted by atomic mass is 16.5. The van der Waals surface area contributed by atoms with Crippen molar-refractivity contribution in [1.82, 2.24) is 14.9 Å². The highest BCUT2D eigenvalue weighted by molar-refractivity contribution is 6.03. The topological polar surface area (TPSA) is 97.8 Å². The fourth-order valence-electron chi connectivity index (χ4n) is 2.51. The number of anilines is 2. The molecule has 9 nitrogen and oxygen atoms in total. The summed E-state index contributed by atoms with van der Waals surface area (Å²) >= 11 is 0. The highest BCUT2D eigenvalue weighted by Crippen LogP contribution is 2.39. The molecule has 0 unspecified atom stereocenters. The summed E-state index contributed by atoms with van der Waals surface area (Å²) < 4.78 is 15.9. The zero-order valence-corrected chi connectivity index (χ0v) is 16.9. The van der Waals surface area contributed by atoms with Gasteiger partial charge in [0.2, 0.25) is 11.7 Å². The number of nitrogens with one attached hydrogen (secondary N) is 2. The van der Waals surface area contributed by atoms with Crippen LogP contribution in [0, 0.1) is 0 Å². The Labute approximate surface area is 165 Å². The van der Waals surface area contributed by atoms with Crippen LogP contribution in [-0.4, -0.2) is 69.3 Å². The summed E-state index contributed by atoms with van der Waals surface area (Å²) in [6, 6.07) is 4.86. The first-order valence-electron chi connectivity index (χ1n) is 8.81. The molecule has 152 valence electrons. The van der Waals surface area contributed by atoms with E-state index in [0.29, 0.717) is 28.9 Å². The number of nitrogens with zero attached hydrogens (tertiary/aromatic N) is 3. The Morgan fingerprint density at radius 1 is 1.11 bits per heavy atom. The molecule has 0 saturated carbocycles. The van der Waals surface area contributed by atoms with Gasteiger partial charge in [-0.25, -0.2) is 9.97 Å². The molecule has 9 heteroatoms. The molecule has 1 heterocycles. The van der Waals surface area contributed by atoms with Crippen LogP contribution in [-0.2, 0) is 0 Å². The number of carbonyl (C=O) groups is 1. The van der Waals surface area contributed by atoms with Gasteiger partial charge in [0.05, 0.1) is 21.3 Å². The first-order chi connectivity index (χ1) is 13.5. The van der Waals surface area contributed by atoms with Crippen LogP contribution in [0.1, 0.15) is 16.9 Å². The number of aromatic nitrogens is 2. The summed E-state index contributed by atoms with van der Waals surface area (Å²) in [5, 5.41) is 5.91. The molecule has 0 saturated heterocycles. The van der Waals surface area contributed by atoms with Crippen molar-refractivity contribution in [3.05, 3.63) is 30.1 Å². The summed E-state index contributed by atoms with van der Waals surface area (Å²) in [6.45, 7) is 1.67. The number of methoxy groups -OCH3 is 3. The van der Waals surface area contributed by atoms with Gasteiger partial charge in [-0.05, 0) is 33.1 Å². The molecule has 2 rings (SSSR count). The molecule has 0 aliphatic heterocycles. The highest BCUT2D eigenvalue weighted by Gasteiger charge is 2.16. The van der Waals surface area contributed by atoms with Gasteiger partial charge in [0.15, 0.2) is 11.5 Å². The molecule has 1 aromatic carbocycles. The van der Waals surface area contributed by atoms with E-state index in [-0.39, 0.29) is 11.6 Å². The lowest BCUT2D eigenvalue weighted by Gasteiger charge is -2.14. The van der Waals surface area contributed by atoms with E-state index in [9.17, 15) is 4.79 Å². The summed E-state index contributed by atoms with van der Waals surface area (Å²) in [6.07, 6.45) is 2.49. The van der Waals surface area contributed by atoms with Crippen LogP contribution in [0.2, 0.25) is 0 Å². The molecule has 28 heavy (non-hydrogen) atoms. The van der Waals surface area contributed by atoms with Crippen LogP contribution in [0.15, 0.2) is 24.4 Å². The van der Waals surface area contributed by atoms with E-state index in [1.165, 1.54) is 21.3 Å². The van der Waals surface area contributed by atoms with Gasteiger partial charge in [0.1, 0.15) is 5.69 Å². The molecule has 0 fully saturated rings. The smallest absolute Gasteiger partial charge is 0.274 e. The average molecular weight is 389 g/mol. The first-order valence-corrected chi connectivity index (χ1v) is 8.81. The van der Waals surface area contributed by atoms with E-state index in [1.54, 1.807) is 24.4 Å². The van der Waals surface area contributed by atoms with Crippen molar-refractivity contribution < 1.29 is 19.0 Å². The van der Waals surface area contributed by atoms with Gasteiger partial charge >= 0.3 is 0 Å². The lowest BCUT2D eigenvalue weighted by molar-refractivity contribution is 0.102. The molecule has 2 aromatic rings. The number of amides is 1. The van der Waals surface area contributed by atoms with Gasteiger partial charge in [0, 0.05) is 30.6 Å². The molecule has 0 aliphatic rings. The molecule has 1 amide bonds. The van der Waals surface area contributed by atoms with E-state index < -0.39 is 0 Å². The van der Waals surface area contributed by atoms with Gasteiger partial charge in [-0.1, -0.05) is 0 Å². The van der Waals surface area contributed by atoms with Gasteiger partial charge < -0.3 is 29.7 Å². The van der Waals surface area contributed by atoms with Gasteiger partial charge in [0.25, 0.3) is 5.91 Å². The van der Waals surface area contributed by atoms with E-state index in [1.807, 2.05) is 14.1 Å². The predicted octanol–water partition coefficient (Wildman–Crippen LogP) is 2.12. The maximum absolute atomic E-state index is 12.6. The predicted molar refractivity (Wildman–Crippen MR) is 108 cm³/mol. The van der Waals surface area contributed by atoms with E-state index in [4.69, 9.17) is 14.2 Å². The fourth-order valence-corrected chi connectivity index (χ4v) is 2.51. The van der Waals surface area contributed by atoms with Crippen LogP contribution >= 0.6 is 0 Å². The second kappa shape index (κ2) is 10.3. The van der Waals surface area contributed by atoms with E-state index >= 15 is 0 Å². The van der Waals surface area contributed by atoms with Gasteiger partial charge in [-0.3, -0.25) is 4.79 Å². The number of carbonyl (C=O) groups excluding carboxylic acids is 1. The monoisotopic (exact) mass is 389 g/mol. The average Bonchev–Trinajstić information content (AvgIpc) is 2.70. The van der Waals surface area contributed by atoms with Gasteiger partial charge in [-0.2, -0.15) is 0 Å². The van der Waals surface area contributed by atoms with Crippen molar-refractivity contribution in [3.8, 4) is 17.2 Å². The Morgan fingerprint density at radius 3 is 2.36 bits per heavy atom. The van der Waals surface area contributed by atoms with E-state index in [0.717, 1.165) is 19.5 Å². The Morgan fingerprint density at radius 2 is 1.79 bits per heavy atom. The number of ether oxygens (including phenoxy) is 3. The largest absolute Gasteiger partial charge is 0.493 e. The maximum Gasteiger partial charge on any atom is 0.274 e. The third kappa shape index (κ3) is 5.71. The van der Waals surface area contributed by atoms with Crippen LogP contribution in [0.3, 0.4) is 0 Å². The molecule has 1 aromatic heterocycles. The van der Waals surface area contributed by atoms with Crippen molar-refractivity contribution in [2.45, 2.75) is 6.42 Å². The Bertz CT molecular complexity index is 773. The SMILES string of the molecule is COc1cc(NC(=O)c2ccnc(NCCCN(C)C)n2)cc(OC)c1OC. The third-order valence-electron chi connectivity index (χ3n) is 3.88. The van der Waals surface area contributed by atoms with Crippen LogP contribution < -0.4 is 24.8 Å². The van der Waals surface area contributed by atoms with Gasteiger partial charge in [-0.15, -0.1) is 0 Å². The van der Waals surface area contributed by atoms with Crippen molar-refractivity contribution in [2.24, 2.45) is 0 Å². The molecular weight excluding hydrogens is 362 g/mol. The Hall–Kier alpha value is -3.07. The standard InChI is InChI=1S/C19H27N5O4/c1-24(2)10-6-8-20-19-21-9-7-14(23-19)18(25)22-13-11-15(26-3)17(28-5)16(12-13)27-4/h7,9,11-12H,6,8,10H2,1-5H3,(H,22,25)(H,20,21,23). The van der Waals surface area contributed by atoms with Crippen molar-refractivity contribution in [1.29, 1.82) is 0 Å². The lowest BCUT2D eigenvalue weighted by Crippen LogP contribution is -2.18. The van der Waals surface area contributed by atoms with Crippen molar-refractivity contribution in [3.63, 3.8) is 0 Å². The summed E-state index contributed by atoms with van der Waals surface area (Å²) in [7, 11) is 8.59. The number of benzene rings is 1. The number of rotatable bonds is 10. The summed E-state index contributed by atoms with van der Waals surface area (Å²) in [5.74, 6) is 1.39. The molecule has 0 atom stereocenters. The summed E-state index contributed by atoms with van der Waals surface area (Å²) in [5.41, 5.74) is 0.748.